The van der Waals surface area contributed by atoms with Crippen molar-refractivity contribution >= 4 is 17.9 Å². The fourth-order valence-electron chi connectivity index (χ4n) is 7.76. The van der Waals surface area contributed by atoms with Crippen LogP contribution in [0.1, 0.15) is 279 Å². The molecule has 0 aromatic heterocycles. The van der Waals surface area contributed by atoms with Crippen LogP contribution in [-0.2, 0) is 28.6 Å². The minimum absolute atomic E-state index is 0.0653. The molecule has 58 heavy (non-hydrogen) atoms. The van der Waals surface area contributed by atoms with Crippen molar-refractivity contribution in [2.75, 3.05) is 13.2 Å². The molecule has 0 rings (SSSR count). The van der Waals surface area contributed by atoms with Gasteiger partial charge in [0, 0.05) is 19.3 Å². The smallest absolute Gasteiger partial charge is 0.306 e. The standard InChI is InChI=1S/C52H100O6/c1-46(2)38-32-26-20-14-11-9-7-8-10-12-16-25-31-37-43-52(55)58-49(45-57-51(54)42-36-30-24-19-18-22-28-34-40-48(5)6)44-56-50(53)41-35-29-23-17-13-15-21-27-33-39-47(3)4/h46-49H,7-45H2,1-6H3/t49-/m1/s1. The average molecular weight is 821 g/mol. The van der Waals surface area contributed by atoms with Gasteiger partial charge in [-0.25, -0.2) is 0 Å². The van der Waals surface area contributed by atoms with E-state index in [1.807, 2.05) is 0 Å². The SMILES string of the molecule is CC(C)CCCCCCCCCCCCCCCCC(=O)O[C@H](COC(=O)CCCCCCCCCCCC(C)C)COC(=O)CCCCCCCCCCC(C)C. The van der Waals surface area contributed by atoms with Crippen LogP contribution in [0.2, 0.25) is 0 Å². The number of rotatable bonds is 45. The maximum absolute atomic E-state index is 12.8. The van der Waals surface area contributed by atoms with Gasteiger partial charge in [0.1, 0.15) is 13.2 Å². The molecule has 0 aliphatic carbocycles. The zero-order chi connectivity index (χ0) is 42.7. The normalized spacial score (nSPS) is 12.2. The first-order valence-electron chi connectivity index (χ1n) is 25.6. The Morgan fingerprint density at radius 2 is 0.500 bits per heavy atom. The van der Waals surface area contributed by atoms with Gasteiger partial charge in [0.25, 0.3) is 0 Å². The second-order valence-electron chi connectivity index (χ2n) is 19.2. The molecule has 0 aliphatic heterocycles. The van der Waals surface area contributed by atoms with Gasteiger partial charge < -0.3 is 14.2 Å². The molecular weight excluding hydrogens is 721 g/mol. The van der Waals surface area contributed by atoms with E-state index in [9.17, 15) is 14.4 Å². The van der Waals surface area contributed by atoms with E-state index in [1.54, 1.807) is 0 Å². The molecule has 0 saturated carbocycles. The van der Waals surface area contributed by atoms with Crippen LogP contribution in [-0.4, -0.2) is 37.2 Å². The van der Waals surface area contributed by atoms with Crippen LogP contribution < -0.4 is 0 Å². The van der Waals surface area contributed by atoms with Crippen LogP contribution >= 0.6 is 0 Å². The van der Waals surface area contributed by atoms with E-state index in [4.69, 9.17) is 14.2 Å². The van der Waals surface area contributed by atoms with Crippen LogP contribution in [0.5, 0.6) is 0 Å². The average Bonchev–Trinajstić information content (AvgIpc) is 3.18. The molecule has 0 heterocycles. The van der Waals surface area contributed by atoms with Crippen LogP contribution in [0.3, 0.4) is 0 Å². The van der Waals surface area contributed by atoms with Crippen molar-refractivity contribution in [3.05, 3.63) is 0 Å². The van der Waals surface area contributed by atoms with Gasteiger partial charge >= 0.3 is 17.9 Å². The lowest BCUT2D eigenvalue weighted by molar-refractivity contribution is -0.167. The Bertz CT molecular complexity index is 898. The maximum Gasteiger partial charge on any atom is 0.306 e. The summed E-state index contributed by atoms with van der Waals surface area (Å²) in [5.41, 5.74) is 0. The molecule has 0 aromatic rings. The monoisotopic (exact) mass is 821 g/mol. The fourth-order valence-corrected chi connectivity index (χ4v) is 7.76. The number of carbonyl (C=O) groups is 3. The molecule has 0 bridgehead atoms. The van der Waals surface area contributed by atoms with Crippen molar-refractivity contribution in [3.8, 4) is 0 Å². The van der Waals surface area contributed by atoms with Gasteiger partial charge in [-0.05, 0) is 37.0 Å². The van der Waals surface area contributed by atoms with E-state index in [2.05, 4.69) is 41.5 Å². The lowest BCUT2D eigenvalue weighted by Crippen LogP contribution is -2.30. The molecule has 0 aliphatic rings. The molecule has 0 amide bonds. The molecule has 0 unspecified atom stereocenters. The Morgan fingerprint density at radius 3 is 0.741 bits per heavy atom. The van der Waals surface area contributed by atoms with Crippen LogP contribution in [0.25, 0.3) is 0 Å². The number of hydrogen-bond acceptors (Lipinski definition) is 6. The Hall–Kier alpha value is -1.59. The first-order chi connectivity index (χ1) is 28.1. The summed E-state index contributed by atoms with van der Waals surface area (Å²) in [6, 6.07) is 0. The predicted octanol–water partition coefficient (Wildman–Crippen LogP) is 16.4. The minimum Gasteiger partial charge on any atom is -0.462 e. The number of carbonyl (C=O) groups excluding carboxylic acids is 3. The first kappa shape index (κ1) is 56.4. The lowest BCUT2D eigenvalue weighted by Gasteiger charge is -2.18. The molecule has 1 atom stereocenters. The van der Waals surface area contributed by atoms with Gasteiger partial charge in [0.05, 0.1) is 0 Å². The Morgan fingerprint density at radius 1 is 0.293 bits per heavy atom. The zero-order valence-corrected chi connectivity index (χ0v) is 39.8. The molecule has 6 nitrogen and oxygen atoms in total. The molecule has 0 fully saturated rings. The van der Waals surface area contributed by atoms with E-state index >= 15 is 0 Å². The quantitative estimate of drug-likeness (QED) is 0.0346. The second-order valence-corrected chi connectivity index (χ2v) is 19.2. The predicted molar refractivity (Wildman–Crippen MR) is 247 cm³/mol. The summed E-state index contributed by atoms with van der Waals surface area (Å²) in [5, 5.41) is 0. The number of hydrogen-bond donors (Lipinski definition) is 0. The largest absolute Gasteiger partial charge is 0.462 e. The van der Waals surface area contributed by atoms with Crippen molar-refractivity contribution in [1.29, 1.82) is 0 Å². The molecule has 344 valence electrons. The fraction of sp³-hybridized carbons (Fsp3) is 0.942. The van der Waals surface area contributed by atoms with Crippen molar-refractivity contribution < 1.29 is 28.6 Å². The van der Waals surface area contributed by atoms with Crippen LogP contribution in [0.4, 0.5) is 0 Å². The summed E-state index contributed by atoms with van der Waals surface area (Å²) in [5.74, 6) is 1.59. The topological polar surface area (TPSA) is 78.9 Å². The van der Waals surface area contributed by atoms with Crippen molar-refractivity contribution in [2.24, 2.45) is 17.8 Å². The van der Waals surface area contributed by atoms with Gasteiger partial charge in [-0.2, -0.15) is 0 Å². The second kappa shape index (κ2) is 43.5. The van der Waals surface area contributed by atoms with E-state index in [0.29, 0.717) is 19.3 Å². The van der Waals surface area contributed by atoms with Crippen LogP contribution in [0.15, 0.2) is 0 Å². The van der Waals surface area contributed by atoms with Crippen molar-refractivity contribution in [2.45, 2.75) is 285 Å². The zero-order valence-electron chi connectivity index (χ0n) is 39.8. The highest BCUT2D eigenvalue weighted by Gasteiger charge is 2.19. The van der Waals surface area contributed by atoms with Gasteiger partial charge in [-0.15, -0.1) is 0 Å². The Balaban J connectivity index is 4.30. The molecule has 0 saturated heterocycles. The van der Waals surface area contributed by atoms with Gasteiger partial charge in [-0.1, -0.05) is 241 Å². The molecule has 0 aromatic carbocycles. The highest BCUT2D eigenvalue weighted by Crippen LogP contribution is 2.17. The highest BCUT2D eigenvalue weighted by molar-refractivity contribution is 5.71. The molecule has 0 spiro atoms. The minimum atomic E-state index is -0.762. The van der Waals surface area contributed by atoms with E-state index in [0.717, 1.165) is 75.5 Å². The third kappa shape index (κ3) is 45.5. The van der Waals surface area contributed by atoms with Gasteiger partial charge in [0.15, 0.2) is 6.10 Å². The van der Waals surface area contributed by atoms with Gasteiger partial charge in [-0.3, -0.25) is 14.4 Å². The lowest BCUT2D eigenvalue weighted by atomic mass is 10.0. The Labute approximate surface area is 361 Å². The van der Waals surface area contributed by atoms with Crippen molar-refractivity contribution in [1.82, 2.24) is 0 Å². The third-order valence-electron chi connectivity index (χ3n) is 11.6. The number of unbranched alkanes of at least 4 members (excludes halogenated alkanes) is 28. The molecule has 0 N–H and O–H groups in total. The molecule has 0 radical (unpaired) electrons. The number of esters is 3. The first-order valence-corrected chi connectivity index (χ1v) is 25.6. The summed E-state index contributed by atoms with van der Waals surface area (Å²) < 4.78 is 16.8. The molecular formula is C52H100O6. The van der Waals surface area contributed by atoms with Crippen LogP contribution in [0, 0.1) is 17.8 Å². The summed E-state index contributed by atoms with van der Waals surface area (Å²) >= 11 is 0. The summed E-state index contributed by atoms with van der Waals surface area (Å²) in [7, 11) is 0. The summed E-state index contributed by atoms with van der Waals surface area (Å²) in [6.45, 7) is 13.7. The van der Waals surface area contributed by atoms with E-state index < -0.39 is 6.10 Å². The highest BCUT2D eigenvalue weighted by atomic mass is 16.6. The summed E-state index contributed by atoms with van der Waals surface area (Å²) in [4.78, 5) is 37.9. The van der Waals surface area contributed by atoms with Crippen molar-refractivity contribution in [3.63, 3.8) is 0 Å². The maximum atomic E-state index is 12.8. The molecule has 6 heteroatoms. The summed E-state index contributed by atoms with van der Waals surface area (Å²) in [6.07, 6.45) is 42.4. The Kier molecular flexibility index (Phi) is 42.3. The van der Waals surface area contributed by atoms with E-state index in [-0.39, 0.29) is 31.1 Å². The van der Waals surface area contributed by atoms with Gasteiger partial charge in [0.2, 0.25) is 0 Å². The number of ether oxygens (including phenoxy) is 3. The third-order valence-corrected chi connectivity index (χ3v) is 11.6. The van der Waals surface area contributed by atoms with E-state index in [1.165, 1.54) is 161 Å².